The first-order valence-electron chi connectivity index (χ1n) is 7.42. The van der Waals surface area contributed by atoms with Crippen LogP contribution in [0.1, 0.15) is 39.5 Å². The highest BCUT2D eigenvalue weighted by Crippen LogP contribution is 2.27. The molecule has 0 radical (unpaired) electrons. The molecule has 1 aromatic carbocycles. The summed E-state index contributed by atoms with van der Waals surface area (Å²) in [6.07, 6.45) is 3.14. The number of nitrogens with one attached hydrogen (secondary N) is 1. The molecule has 0 aromatic heterocycles. The fraction of sp³-hybridized carbons (Fsp3) is 0.600. The molecule has 1 saturated carbocycles. The van der Waals surface area contributed by atoms with Crippen molar-refractivity contribution in [3.8, 4) is 5.75 Å². The summed E-state index contributed by atoms with van der Waals surface area (Å²) in [5, 5.41) is -0.486. The summed E-state index contributed by atoms with van der Waals surface area (Å²) in [4.78, 5) is 0. The minimum absolute atomic E-state index is 0.271. The molecule has 0 amide bonds. The summed E-state index contributed by atoms with van der Waals surface area (Å²) in [5.74, 6) is 0.0222. The lowest BCUT2D eigenvalue weighted by Gasteiger charge is -2.32. The van der Waals surface area contributed by atoms with E-state index in [0.29, 0.717) is 10.2 Å². The van der Waals surface area contributed by atoms with E-state index in [2.05, 4.69) is 20.7 Å². The van der Waals surface area contributed by atoms with Gasteiger partial charge in [-0.05, 0) is 61.2 Å². The van der Waals surface area contributed by atoms with Crippen LogP contribution in [-0.2, 0) is 10.0 Å². The van der Waals surface area contributed by atoms with Gasteiger partial charge in [-0.1, -0.05) is 6.42 Å². The maximum atomic E-state index is 13.6. The first-order chi connectivity index (χ1) is 10.3. The zero-order valence-electron chi connectivity index (χ0n) is 12.7. The number of hydrogen-bond acceptors (Lipinski definition) is 3. The summed E-state index contributed by atoms with van der Waals surface area (Å²) in [6.45, 7) is 3.29. The van der Waals surface area contributed by atoms with Crippen molar-refractivity contribution >= 4 is 26.0 Å². The molecule has 0 saturated heterocycles. The minimum atomic E-state index is -3.35. The molecule has 1 aliphatic rings. The van der Waals surface area contributed by atoms with Gasteiger partial charge >= 0.3 is 0 Å². The lowest BCUT2D eigenvalue weighted by atomic mass is 9.93. The summed E-state index contributed by atoms with van der Waals surface area (Å²) in [5.41, 5.74) is 0. The van der Waals surface area contributed by atoms with Crippen molar-refractivity contribution < 1.29 is 17.5 Å². The van der Waals surface area contributed by atoms with E-state index >= 15 is 0 Å². The molecule has 4 nitrogen and oxygen atoms in total. The molecule has 2 unspecified atom stereocenters. The third kappa shape index (κ3) is 4.43. The first-order valence-corrected chi connectivity index (χ1v) is 9.76. The maximum absolute atomic E-state index is 13.6. The molecule has 0 aliphatic heterocycles. The molecular formula is C15H21BrFNO3S. The highest BCUT2D eigenvalue weighted by Gasteiger charge is 2.31. The van der Waals surface area contributed by atoms with E-state index in [0.717, 1.165) is 25.7 Å². The SMILES string of the molecule is CC(C)S(=O)(=O)NC1CCCCC1Oc1ccc(Br)c(F)c1. The van der Waals surface area contributed by atoms with Gasteiger partial charge in [0.2, 0.25) is 10.0 Å². The second-order valence-electron chi connectivity index (χ2n) is 5.83. The quantitative estimate of drug-likeness (QED) is 0.830. The molecule has 0 spiro atoms. The highest BCUT2D eigenvalue weighted by atomic mass is 79.9. The van der Waals surface area contributed by atoms with Crippen molar-refractivity contribution in [2.24, 2.45) is 0 Å². The van der Waals surface area contributed by atoms with E-state index in [-0.39, 0.29) is 12.1 Å². The Kier molecular flexibility index (Phi) is 5.85. The van der Waals surface area contributed by atoms with Crippen LogP contribution in [0.3, 0.4) is 0 Å². The molecule has 0 heterocycles. The largest absolute Gasteiger partial charge is 0.489 e. The summed E-state index contributed by atoms with van der Waals surface area (Å²) in [6, 6.07) is 4.30. The Morgan fingerprint density at radius 1 is 1.32 bits per heavy atom. The second kappa shape index (κ2) is 7.27. The van der Waals surface area contributed by atoms with Crippen LogP contribution in [0.4, 0.5) is 4.39 Å². The van der Waals surface area contributed by atoms with E-state index in [1.807, 2.05) is 0 Å². The Hall–Kier alpha value is -0.660. The summed E-state index contributed by atoms with van der Waals surface area (Å²) < 4.78 is 46.6. The maximum Gasteiger partial charge on any atom is 0.214 e. The molecule has 1 aromatic rings. The highest BCUT2D eigenvalue weighted by molar-refractivity contribution is 9.10. The Morgan fingerprint density at radius 3 is 2.64 bits per heavy atom. The number of hydrogen-bond donors (Lipinski definition) is 1. The lowest BCUT2D eigenvalue weighted by Crippen LogP contribution is -2.49. The van der Waals surface area contributed by atoms with Gasteiger partial charge in [-0.15, -0.1) is 0 Å². The van der Waals surface area contributed by atoms with Crippen molar-refractivity contribution in [1.29, 1.82) is 0 Å². The molecule has 0 bridgehead atoms. The Morgan fingerprint density at radius 2 is 2.00 bits per heavy atom. The van der Waals surface area contributed by atoms with Crippen LogP contribution >= 0.6 is 15.9 Å². The molecule has 1 aliphatic carbocycles. The zero-order chi connectivity index (χ0) is 16.3. The Bertz CT molecular complexity index is 621. The predicted molar refractivity (Wildman–Crippen MR) is 88.0 cm³/mol. The second-order valence-corrected chi connectivity index (χ2v) is 8.96. The average molecular weight is 394 g/mol. The summed E-state index contributed by atoms with van der Waals surface area (Å²) >= 11 is 3.10. The van der Waals surface area contributed by atoms with Gasteiger partial charge in [-0.25, -0.2) is 17.5 Å². The molecule has 2 atom stereocenters. The van der Waals surface area contributed by atoms with Crippen LogP contribution in [-0.4, -0.2) is 25.8 Å². The number of ether oxygens (including phenoxy) is 1. The van der Waals surface area contributed by atoms with Crippen LogP contribution in [0.2, 0.25) is 0 Å². The molecule has 1 fully saturated rings. The molecule has 22 heavy (non-hydrogen) atoms. The number of benzene rings is 1. The predicted octanol–water partition coefficient (Wildman–Crippen LogP) is 3.61. The van der Waals surface area contributed by atoms with Crippen LogP contribution in [0.15, 0.2) is 22.7 Å². The summed E-state index contributed by atoms with van der Waals surface area (Å²) in [7, 11) is -3.35. The van der Waals surface area contributed by atoms with Crippen LogP contribution in [0.5, 0.6) is 5.75 Å². The molecular weight excluding hydrogens is 373 g/mol. The van der Waals surface area contributed by atoms with Crippen LogP contribution in [0, 0.1) is 5.82 Å². The molecule has 2 rings (SSSR count). The van der Waals surface area contributed by atoms with Gasteiger partial charge in [0.15, 0.2) is 0 Å². The van der Waals surface area contributed by atoms with Gasteiger partial charge in [0.1, 0.15) is 17.7 Å². The van der Waals surface area contributed by atoms with Crippen molar-refractivity contribution in [2.75, 3.05) is 0 Å². The molecule has 124 valence electrons. The van der Waals surface area contributed by atoms with E-state index in [9.17, 15) is 12.8 Å². The minimum Gasteiger partial charge on any atom is -0.489 e. The zero-order valence-corrected chi connectivity index (χ0v) is 15.1. The number of rotatable bonds is 5. The Balaban J connectivity index is 2.11. The van der Waals surface area contributed by atoms with Crippen molar-refractivity contribution in [2.45, 2.75) is 56.9 Å². The van der Waals surface area contributed by atoms with E-state index in [4.69, 9.17) is 4.74 Å². The molecule has 7 heteroatoms. The van der Waals surface area contributed by atoms with Crippen LogP contribution in [0.25, 0.3) is 0 Å². The van der Waals surface area contributed by atoms with E-state index < -0.39 is 21.1 Å². The normalized spacial score (nSPS) is 22.8. The van der Waals surface area contributed by atoms with Gasteiger partial charge in [0, 0.05) is 6.07 Å². The topological polar surface area (TPSA) is 55.4 Å². The van der Waals surface area contributed by atoms with Gasteiger partial charge in [0.25, 0.3) is 0 Å². The number of halogens is 2. The Labute approximate surface area is 139 Å². The van der Waals surface area contributed by atoms with Gasteiger partial charge in [0.05, 0.1) is 15.8 Å². The third-order valence-corrected chi connectivity index (χ3v) is 6.33. The third-order valence-electron chi connectivity index (χ3n) is 3.82. The fourth-order valence-electron chi connectivity index (χ4n) is 2.44. The average Bonchev–Trinajstić information content (AvgIpc) is 2.44. The van der Waals surface area contributed by atoms with Crippen LogP contribution < -0.4 is 9.46 Å². The van der Waals surface area contributed by atoms with E-state index in [1.165, 1.54) is 6.07 Å². The van der Waals surface area contributed by atoms with Crippen molar-refractivity contribution in [1.82, 2.24) is 4.72 Å². The van der Waals surface area contributed by atoms with Gasteiger partial charge in [-0.2, -0.15) is 0 Å². The smallest absolute Gasteiger partial charge is 0.214 e. The molecule has 1 N–H and O–H groups in total. The van der Waals surface area contributed by atoms with Gasteiger partial charge in [-0.3, -0.25) is 0 Å². The lowest BCUT2D eigenvalue weighted by molar-refractivity contribution is 0.124. The number of sulfonamides is 1. The van der Waals surface area contributed by atoms with Gasteiger partial charge < -0.3 is 4.74 Å². The fourth-order valence-corrected chi connectivity index (χ4v) is 3.66. The monoisotopic (exact) mass is 393 g/mol. The first kappa shape index (κ1) is 17.7. The van der Waals surface area contributed by atoms with E-state index in [1.54, 1.807) is 26.0 Å². The van der Waals surface area contributed by atoms with Crippen molar-refractivity contribution in [3.05, 3.63) is 28.5 Å². The standard InChI is InChI=1S/C15H21BrFNO3S/c1-10(2)22(19,20)18-14-5-3-4-6-15(14)21-11-7-8-12(16)13(17)9-11/h7-10,14-15,18H,3-6H2,1-2H3. The van der Waals surface area contributed by atoms with Crippen molar-refractivity contribution in [3.63, 3.8) is 0 Å².